The minimum Gasteiger partial charge on any atom is -0.358 e. The molecule has 0 fully saturated rings. The first-order valence-electron chi connectivity index (χ1n) is 4.67. The predicted octanol–water partition coefficient (Wildman–Crippen LogP) is -0.207. The Hall–Kier alpha value is -0.270. The molecule has 0 radical (unpaired) electrons. The minimum atomic E-state index is -3.32. The Kier molecular flexibility index (Phi) is 6.95. The van der Waals surface area contributed by atoms with E-state index in [1.54, 1.807) is 11.8 Å². The number of carbonyl (C=O) groups excluding carboxylic acids is 1. The highest BCUT2D eigenvalue weighted by molar-refractivity contribution is 7.98. The lowest BCUT2D eigenvalue weighted by atomic mass is 10.2. The van der Waals surface area contributed by atoms with Crippen LogP contribution in [-0.2, 0) is 14.8 Å². The Morgan fingerprint density at radius 2 is 2.07 bits per heavy atom. The molecule has 0 aliphatic heterocycles. The summed E-state index contributed by atoms with van der Waals surface area (Å²) in [5.74, 6) is 0.436. The van der Waals surface area contributed by atoms with E-state index < -0.39 is 16.1 Å². The molecule has 0 aliphatic carbocycles. The van der Waals surface area contributed by atoms with Gasteiger partial charge in [0.25, 0.3) is 0 Å². The number of likely N-dealkylation sites (N-methyl/N-ethyl adjacent to an activating group) is 1. The molecule has 15 heavy (non-hydrogen) atoms. The summed E-state index contributed by atoms with van der Waals surface area (Å²) in [5.41, 5.74) is 0. The zero-order valence-electron chi connectivity index (χ0n) is 9.24. The topological polar surface area (TPSA) is 75.3 Å². The summed E-state index contributed by atoms with van der Waals surface area (Å²) in [6.45, 7) is 1.54. The fourth-order valence-electron chi connectivity index (χ4n) is 0.954. The van der Waals surface area contributed by atoms with Crippen LogP contribution < -0.4 is 10.0 Å². The van der Waals surface area contributed by atoms with Gasteiger partial charge in [-0.05, 0) is 25.4 Å². The van der Waals surface area contributed by atoms with Crippen LogP contribution in [0, 0.1) is 0 Å². The standard InChI is InChI=1S/C8H18N2O3S2/c1-4-15(12,13)10-7(5-6-14-3)8(11)9-2/h7,10H,4-6H2,1-3H3,(H,9,11). The lowest BCUT2D eigenvalue weighted by Crippen LogP contribution is -2.46. The summed E-state index contributed by atoms with van der Waals surface area (Å²) in [6.07, 6.45) is 2.41. The normalized spacial score (nSPS) is 13.5. The molecule has 0 heterocycles. The Bertz CT molecular complexity index is 290. The second-order valence-electron chi connectivity index (χ2n) is 2.97. The zero-order valence-corrected chi connectivity index (χ0v) is 10.9. The van der Waals surface area contributed by atoms with Crippen LogP contribution in [0.15, 0.2) is 0 Å². The van der Waals surface area contributed by atoms with Crippen LogP contribution in [0.4, 0.5) is 0 Å². The molecule has 0 aromatic heterocycles. The van der Waals surface area contributed by atoms with Gasteiger partial charge in [-0.25, -0.2) is 13.1 Å². The second-order valence-corrected chi connectivity index (χ2v) is 6.00. The molecule has 0 aromatic carbocycles. The van der Waals surface area contributed by atoms with E-state index in [0.29, 0.717) is 6.42 Å². The zero-order chi connectivity index (χ0) is 11.9. The highest BCUT2D eigenvalue weighted by Gasteiger charge is 2.21. The van der Waals surface area contributed by atoms with Crippen molar-refractivity contribution in [2.24, 2.45) is 0 Å². The van der Waals surface area contributed by atoms with E-state index in [-0.39, 0.29) is 11.7 Å². The summed E-state index contributed by atoms with van der Waals surface area (Å²) in [5, 5.41) is 2.45. The van der Waals surface area contributed by atoms with E-state index >= 15 is 0 Å². The van der Waals surface area contributed by atoms with Gasteiger partial charge in [0.15, 0.2) is 0 Å². The summed E-state index contributed by atoms with van der Waals surface area (Å²) < 4.78 is 25.0. The van der Waals surface area contributed by atoms with Crippen molar-refractivity contribution in [2.75, 3.05) is 24.8 Å². The highest BCUT2D eigenvalue weighted by atomic mass is 32.2. The van der Waals surface area contributed by atoms with Gasteiger partial charge in [-0.1, -0.05) is 0 Å². The number of thioether (sulfide) groups is 1. The number of carbonyl (C=O) groups is 1. The fraction of sp³-hybridized carbons (Fsp3) is 0.875. The molecule has 0 saturated heterocycles. The van der Waals surface area contributed by atoms with Crippen LogP contribution in [0.2, 0.25) is 0 Å². The van der Waals surface area contributed by atoms with Gasteiger partial charge in [0.1, 0.15) is 6.04 Å². The van der Waals surface area contributed by atoms with Crippen molar-refractivity contribution in [1.29, 1.82) is 0 Å². The SMILES string of the molecule is CCS(=O)(=O)NC(CCSC)C(=O)NC. The quantitative estimate of drug-likeness (QED) is 0.659. The lowest BCUT2D eigenvalue weighted by Gasteiger charge is -2.16. The van der Waals surface area contributed by atoms with Crippen LogP contribution in [-0.4, -0.2) is 45.2 Å². The Morgan fingerprint density at radius 3 is 2.47 bits per heavy atom. The van der Waals surface area contributed by atoms with Gasteiger partial charge < -0.3 is 5.32 Å². The maximum Gasteiger partial charge on any atom is 0.237 e. The molecule has 0 aliphatic rings. The number of hydrogen-bond acceptors (Lipinski definition) is 4. The lowest BCUT2D eigenvalue weighted by molar-refractivity contribution is -0.122. The maximum atomic E-state index is 11.4. The maximum absolute atomic E-state index is 11.4. The smallest absolute Gasteiger partial charge is 0.237 e. The molecule has 7 heteroatoms. The molecule has 0 saturated carbocycles. The van der Waals surface area contributed by atoms with Gasteiger partial charge in [-0.3, -0.25) is 4.79 Å². The first-order valence-corrected chi connectivity index (χ1v) is 7.72. The first-order chi connectivity index (χ1) is 6.96. The van der Waals surface area contributed by atoms with Crippen LogP contribution >= 0.6 is 11.8 Å². The molecule has 90 valence electrons. The van der Waals surface area contributed by atoms with Crippen LogP contribution in [0.1, 0.15) is 13.3 Å². The molecule has 1 unspecified atom stereocenters. The number of nitrogens with one attached hydrogen (secondary N) is 2. The van der Waals surface area contributed by atoms with Gasteiger partial charge in [-0.15, -0.1) is 0 Å². The summed E-state index contributed by atoms with van der Waals surface area (Å²) >= 11 is 1.58. The van der Waals surface area contributed by atoms with Gasteiger partial charge in [0.2, 0.25) is 15.9 Å². The summed E-state index contributed by atoms with van der Waals surface area (Å²) in [7, 11) is -1.83. The Balaban J connectivity index is 4.44. The average molecular weight is 254 g/mol. The fourth-order valence-corrected chi connectivity index (χ4v) is 2.25. The molecule has 1 amide bonds. The summed E-state index contributed by atoms with van der Waals surface area (Å²) in [4.78, 5) is 11.4. The van der Waals surface area contributed by atoms with Crippen LogP contribution in [0.25, 0.3) is 0 Å². The van der Waals surface area contributed by atoms with Crippen LogP contribution in [0.3, 0.4) is 0 Å². The van der Waals surface area contributed by atoms with Gasteiger partial charge in [0.05, 0.1) is 5.75 Å². The third kappa shape index (κ3) is 6.01. The minimum absolute atomic E-state index is 0.0141. The van der Waals surface area contributed by atoms with E-state index in [2.05, 4.69) is 10.0 Å². The molecule has 0 spiro atoms. The Labute approximate surface area is 95.4 Å². The summed E-state index contributed by atoms with van der Waals surface area (Å²) in [6, 6.07) is -0.660. The molecule has 0 bridgehead atoms. The number of hydrogen-bond donors (Lipinski definition) is 2. The molecular weight excluding hydrogens is 236 g/mol. The van der Waals surface area contributed by atoms with Crippen molar-refractivity contribution in [2.45, 2.75) is 19.4 Å². The molecule has 0 aromatic rings. The van der Waals surface area contributed by atoms with Crippen molar-refractivity contribution < 1.29 is 13.2 Å². The van der Waals surface area contributed by atoms with Gasteiger partial charge in [0, 0.05) is 7.05 Å². The Morgan fingerprint density at radius 1 is 1.47 bits per heavy atom. The largest absolute Gasteiger partial charge is 0.358 e. The van der Waals surface area contributed by atoms with Gasteiger partial charge in [-0.2, -0.15) is 11.8 Å². The molecule has 2 N–H and O–H groups in total. The van der Waals surface area contributed by atoms with Crippen molar-refractivity contribution >= 4 is 27.7 Å². The van der Waals surface area contributed by atoms with Gasteiger partial charge >= 0.3 is 0 Å². The van der Waals surface area contributed by atoms with Crippen molar-refractivity contribution in [1.82, 2.24) is 10.0 Å². The molecule has 0 rings (SSSR count). The third-order valence-corrected chi connectivity index (χ3v) is 3.92. The second kappa shape index (κ2) is 7.08. The number of sulfonamides is 1. The van der Waals surface area contributed by atoms with Crippen molar-refractivity contribution in [3.05, 3.63) is 0 Å². The highest BCUT2D eigenvalue weighted by Crippen LogP contribution is 2.02. The van der Waals surface area contributed by atoms with E-state index in [9.17, 15) is 13.2 Å². The molecule has 5 nitrogen and oxygen atoms in total. The molecule has 1 atom stereocenters. The third-order valence-electron chi connectivity index (χ3n) is 1.88. The van der Waals surface area contributed by atoms with E-state index in [0.717, 1.165) is 5.75 Å². The van der Waals surface area contributed by atoms with Crippen LogP contribution in [0.5, 0.6) is 0 Å². The van der Waals surface area contributed by atoms with E-state index in [4.69, 9.17) is 0 Å². The van der Waals surface area contributed by atoms with Crippen molar-refractivity contribution in [3.63, 3.8) is 0 Å². The van der Waals surface area contributed by atoms with E-state index in [1.165, 1.54) is 14.0 Å². The molecular formula is C8H18N2O3S2. The van der Waals surface area contributed by atoms with E-state index in [1.807, 2.05) is 6.26 Å². The average Bonchev–Trinajstić information content (AvgIpc) is 2.23. The monoisotopic (exact) mass is 254 g/mol. The van der Waals surface area contributed by atoms with Crippen molar-refractivity contribution in [3.8, 4) is 0 Å². The number of rotatable bonds is 7. The number of amides is 1. The predicted molar refractivity (Wildman–Crippen MR) is 63.5 cm³/mol. The first kappa shape index (κ1) is 14.7.